The molecule has 94 valence electrons. The number of nitrogens with one attached hydrogen (secondary N) is 1. The molecule has 1 heterocycles. The number of carbonyl (C=O) groups is 1. The fraction of sp³-hybridized carbons (Fsp3) is 0.214. The zero-order valence-corrected chi connectivity index (χ0v) is 11.8. The van der Waals surface area contributed by atoms with Gasteiger partial charge in [-0.25, -0.2) is 0 Å². The van der Waals surface area contributed by atoms with Crippen molar-refractivity contribution in [2.45, 2.75) is 19.9 Å². The molecule has 0 bridgehead atoms. The highest BCUT2D eigenvalue weighted by Crippen LogP contribution is 2.20. The Kier molecular flexibility index (Phi) is 3.87. The summed E-state index contributed by atoms with van der Waals surface area (Å²) in [5.41, 5.74) is 1.73. The van der Waals surface area contributed by atoms with Gasteiger partial charge in [0, 0.05) is 4.47 Å². The van der Waals surface area contributed by atoms with Gasteiger partial charge in [0.15, 0.2) is 0 Å². The van der Waals surface area contributed by atoms with Crippen LogP contribution in [-0.2, 0) is 0 Å². The average Bonchev–Trinajstić information content (AvgIpc) is 2.81. The zero-order chi connectivity index (χ0) is 13.1. The fourth-order valence-electron chi connectivity index (χ4n) is 1.69. The summed E-state index contributed by atoms with van der Waals surface area (Å²) in [6.45, 7) is 3.87. The van der Waals surface area contributed by atoms with Crippen LogP contribution in [0.4, 0.5) is 0 Å². The minimum Gasteiger partial charge on any atom is -0.467 e. The first-order valence-corrected chi connectivity index (χ1v) is 6.47. The lowest BCUT2D eigenvalue weighted by Crippen LogP contribution is -2.26. The second-order valence-corrected chi connectivity index (χ2v) is 5.05. The van der Waals surface area contributed by atoms with Crippen LogP contribution in [0.1, 0.15) is 34.6 Å². The Morgan fingerprint density at radius 2 is 2.17 bits per heavy atom. The second-order valence-electron chi connectivity index (χ2n) is 4.19. The van der Waals surface area contributed by atoms with Crippen LogP contribution in [0.2, 0.25) is 0 Å². The predicted octanol–water partition coefficient (Wildman–Crippen LogP) is 3.84. The number of rotatable bonds is 3. The molecule has 3 nitrogen and oxygen atoms in total. The molecule has 0 saturated carbocycles. The summed E-state index contributed by atoms with van der Waals surface area (Å²) in [5.74, 6) is 0.623. The van der Waals surface area contributed by atoms with Crippen LogP contribution in [0.15, 0.2) is 45.5 Å². The highest BCUT2D eigenvalue weighted by molar-refractivity contribution is 9.10. The molecule has 4 heteroatoms. The lowest BCUT2D eigenvalue weighted by atomic mass is 10.1. The third-order valence-electron chi connectivity index (χ3n) is 2.69. The number of furan rings is 1. The standard InChI is InChI=1S/C14H14BrNO2/c1-9-5-6-11(12(15)8-9)14(17)16-10(2)13-4-3-7-18-13/h3-8,10H,1-2H3,(H,16,17). The Labute approximate surface area is 114 Å². The van der Waals surface area contributed by atoms with E-state index in [1.54, 1.807) is 12.3 Å². The molecule has 0 radical (unpaired) electrons. The number of aryl methyl sites for hydroxylation is 1. The minimum absolute atomic E-state index is 0.120. The van der Waals surface area contributed by atoms with Gasteiger partial charge in [0.05, 0.1) is 17.9 Å². The number of carbonyl (C=O) groups excluding carboxylic acids is 1. The van der Waals surface area contributed by atoms with E-state index in [1.807, 2.05) is 38.1 Å². The van der Waals surface area contributed by atoms with Gasteiger partial charge in [-0.05, 0) is 59.6 Å². The zero-order valence-electron chi connectivity index (χ0n) is 10.2. The molecule has 18 heavy (non-hydrogen) atoms. The molecule has 0 aliphatic carbocycles. The highest BCUT2D eigenvalue weighted by Gasteiger charge is 2.15. The van der Waals surface area contributed by atoms with Gasteiger partial charge in [-0.1, -0.05) is 6.07 Å². The van der Waals surface area contributed by atoms with Crippen molar-refractivity contribution in [3.05, 3.63) is 58.0 Å². The maximum atomic E-state index is 12.1. The van der Waals surface area contributed by atoms with Gasteiger partial charge in [0.2, 0.25) is 0 Å². The first-order chi connectivity index (χ1) is 8.58. The molecule has 0 aliphatic heterocycles. The Bertz CT molecular complexity index is 549. The molecular formula is C14H14BrNO2. The Morgan fingerprint density at radius 1 is 1.39 bits per heavy atom. The predicted molar refractivity (Wildman–Crippen MR) is 73.5 cm³/mol. The molecule has 1 amide bonds. The van der Waals surface area contributed by atoms with E-state index in [0.29, 0.717) is 5.56 Å². The summed E-state index contributed by atoms with van der Waals surface area (Å²) in [5, 5.41) is 2.90. The van der Waals surface area contributed by atoms with Crippen molar-refractivity contribution in [3.63, 3.8) is 0 Å². The maximum Gasteiger partial charge on any atom is 0.253 e. The molecule has 1 aromatic carbocycles. The first kappa shape index (κ1) is 12.9. The van der Waals surface area contributed by atoms with Gasteiger partial charge < -0.3 is 9.73 Å². The summed E-state index contributed by atoms with van der Waals surface area (Å²) < 4.78 is 6.05. The number of amides is 1. The summed E-state index contributed by atoms with van der Waals surface area (Å²) in [7, 11) is 0. The summed E-state index contributed by atoms with van der Waals surface area (Å²) >= 11 is 3.40. The van der Waals surface area contributed by atoms with Crippen LogP contribution in [-0.4, -0.2) is 5.91 Å². The van der Waals surface area contributed by atoms with E-state index >= 15 is 0 Å². The van der Waals surface area contributed by atoms with Crippen molar-refractivity contribution in [2.75, 3.05) is 0 Å². The van der Waals surface area contributed by atoms with Crippen molar-refractivity contribution < 1.29 is 9.21 Å². The van der Waals surface area contributed by atoms with Crippen LogP contribution in [0, 0.1) is 6.92 Å². The molecule has 0 fully saturated rings. The number of hydrogen-bond acceptors (Lipinski definition) is 2. The molecule has 2 rings (SSSR count). The molecular weight excluding hydrogens is 294 g/mol. The van der Waals surface area contributed by atoms with Crippen molar-refractivity contribution in [2.24, 2.45) is 0 Å². The normalized spacial score (nSPS) is 12.2. The van der Waals surface area contributed by atoms with E-state index in [-0.39, 0.29) is 11.9 Å². The number of halogens is 1. The van der Waals surface area contributed by atoms with Crippen molar-refractivity contribution >= 4 is 21.8 Å². The average molecular weight is 308 g/mol. The van der Waals surface area contributed by atoms with Crippen LogP contribution < -0.4 is 5.32 Å². The monoisotopic (exact) mass is 307 g/mol. The van der Waals surface area contributed by atoms with E-state index in [4.69, 9.17) is 4.42 Å². The van der Waals surface area contributed by atoms with Crippen LogP contribution in [0.5, 0.6) is 0 Å². The Balaban J connectivity index is 2.12. The van der Waals surface area contributed by atoms with Gasteiger partial charge in [-0.2, -0.15) is 0 Å². The molecule has 1 N–H and O–H groups in total. The topological polar surface area (TPSA) is 42.2 Å². The molecule has 1 aromatic heterocycles. The first-order valence-electron chi connectivity index (χ1n) is 5.68. The smallest absolute Gasteiger partial charge is 0.253 e. The lowest BCUT2D eigenvalue weighted by Gasteiger charge is -2.12. The number of hydrogen-bond donors (Lipinski definition) is 1. The van der Waals surface area contributed by atoms with E-state index in [2.05, 4.69) is 21.2 Å². The Hall–Kier alpha value is -1.55. The van der Waals surface area contributed by atoms with E-state index in [9.17, 15) is 4.79 Å². The summed E-state index contributed by atoms with van der Waals surface area (Å²) in [6.07, 6.45) is 1.60. The van der Waals surface area contributed by atoms with Crippen LogP contribution >= 0.6 is 15.9 Å². The SMILES string of the molecule is Cc1ccc(C(=O)NC(C)c2ccco2)c(Br)c1. The third kappa shape index (κ3) is 2.82. The highest BCUT2D eigenvalue weighted by atomic mass is 79.9. The van der Waals surface area contributed by atoms with Crippen molar-refractivity contribution in [3.8, 4) is 0 Å². The van der Waals surface area contributed by atoms with E-state index < -0.39 is 0 Å². The number of benzene rings is 1. The molecule has 0 saturated heterocycles. The van der Waals surface area contributed by atoms with Gasteiger partial charge in [-0.15, -0.1) is 0 Å². The van der Waals surface area contributed by atoms with E-state index in [0.717, 1.165) is 15.8 Å². The largest absolute Gasteiger partial charge is 0.467 e. The molecule has 1 unspecified atom stereocenters. The molecule has 0 aliphatic rings. The quantitative estimate of drug-likeness (QED) is 0.936. The van der Waals surface area contributed by atoms with Gasteiger partial charge >= 0.3 is 0 Å². The molecule has 1 atom stereocenters. The summed E-state index contributed by atoms with van der Waals surface area (Å²) in [4.78, 5) is 12.1. The molecule has 2 aromatic rings. The van der Waals surface area contributed by atoms with Crippen LogP contribution in [0.3, 0.4) is 0 Å². The maximum absolute atomic E-state index is 12.1. The summed E-state index contributed by atoms with van der Waals surface area (Å²) in [6, 6.07) is 9.14. The van der Waals surface area contributed by atoms with Crippen LogP contribution in [0.25, 0.3) is 0 Å². The van der Waals surface area contributed by atoms with Gasteiger partial charge in [0.25, 0.3) is 5.91 Å². The molecule has 0 spiro atoms. The van der Waals surface area contributed by atoms with Gasteiger partial charge in [0.1, 0.15) is 5.76 Å². The van der Waals surface area contributed by atoms with Crippen molar-refractivity contribution in [1.82, 2.24) is 5.32 Å². The Morgan fingerprint density at radius 3 is 2.78 bits per heavy atom. The van der Waals surface area contributed by atoms with Crippen molar-refractivity contribution in [1.29, 1.82) is 0 Å². The minimum atomic E-state index is -0.152. The third-order valence-corrected chi connectivity index (χ3v) is 3.34. The second kappa shape index (κ2) is 5.40. The van der Waals surface area contributed by atoms with E-state index in [1.165, 1.54) is 0 Å². The lowest BCUT2D eigenvalue weighted by molar-refractivity contribution is 0.0934. The van der Waals surface area contributed by atoms with Gasteiger partial charge in [-0.3, -0.25) is 4.79 Å². The fourth-order valence-corrected chi connectivity index (χ4v) is 2.36.